The van der Waals surface area contributed by atoms with Gasteiger partial charge in [-0.3, -0.25) is 4.79 Å². The molecule has 1 aliphatic rings. The van der Waals surface area contributed by atoms with E-state index in [9.17, 15) is 13.2 Å². The Bertz CT molecular complexity index is 879. The van der Waals surface area contributed by atoms with Gasteiger partial charge in [0.1, 0.15) is 11.5 Å². The lowest BCUT2D eigenvalue weighted by atomic mass is 10.1. The van der Waals surface area contributed by atoms with Crippen molar-refractivity contribution in [2.24, 2.45) is 0 Å². The zero-order valence-electron chi connectivity index (χ0n) is 14.4. The minimum Gasteiger partial charge on any atom is -0.496 e. The Morgan fingerprint density at radius 2 is 2.19 bits per heavy atom. The van der Waals surface area contributed by atoms with Gasteiger partial charge in [-0.2, -0.15) is 0 Å². The first kappa shape index (κ1) is 18.8. The summed E-state index contributed by atoms with van der Waals surface area (Å²) in [6, 6.07) is 8.24. The summed E-state index contributed by atoms with van der Waals surface area (Å²) < 4.78 is 34.4. The Morgan fingerprint density at radius 3 is 2.81 bits per heavy atom. The number of ether oxygens (including phenoxy) is 1. The molecule has 0 spiro atoms. The van der Waals surface area contributed by atoms with Crippen LogP contribution >= 0.6 is 11.6 Å². The molecule has 1 aliphatic heterocycles. The van der Waals surface area contributed by atoms with E-state index in [1.165, 1.54) is 13.4 Å². The average Bonchev–Trinajstić information content (AvgIpc) is 3.22. The van der Waals surface area contributed by atoms with Crippen molar-refractivity contribution in [1.29, 1.82) is 0 Å². The van der Waals surface area contributed by atoms with E-state index in [-0.39, 0.29) is 36.4 Å². The maximum absolute atomic E-state index is 13.0. The summed E-state index contributed by atoms with van der Waals surface area (Å²) in [4.78, 5) is 14.6. The molecule has 8 heteroatoms. The molecule has 1 atom stereocenters. The van der Waals surface area contributed by atoms with Crippen molar-refractivity contribution in [3.63, 3.8) is 0 Å². The fraction of sp³-hybridized carbons (Fsp3) is 0.389. The second-order valence-corrected chi connectivity index (χ2v) is 8.96. The molecule has 1 aromatic heterocycles. The third kappa shape index (κ3) is 4.40. The van der Waals surface area contributed by atoms with Crippen LogP contribution in [0.15, 0.2) is 41.0 Å². The quantitative estimate of drug-likeness (QED) is 0.749. The molecular weight excluding hydrogens is 378 g/mol. The van der Waals surface area contributed by atoms with Gasteiger partial charge in [0.15, 0.2) is 9.84 Å². The molecule has 0 saturated carbocycles. The number of amides is 1. The van der Waals surface area contributed by atoms with E-state index in [0.717, 1.165) is 0 Å². The molecule has 0 aliphatic carbocycles. The molecule has 140 valence electrons. The number of rotatable bonds is 6. The van der Waals surface area contributed by atoms with Crippen molar-refractivity contribution in [3.05, 3.63) is 52.9 Å². The molecule has 1 aromatic carbocycles. The topological polar surface area (TPSA) is 76.8 Å². The number of sulfone groups is 1. The Morgan fingerprint density at radius 1 is 1.38 bits per heavy atom. The van der Waals surface area contributed by atoms with Crippen molar-refractivity contribution in [1.82, 2.24) is 4.90 Å². The van der Waals surface area contributed by atoms with Gasteiger partial charge < -0.3 is 14.1 Å². The molecule has 2 heterocycles. The molecule has 1 unspecified atom stereocenters. The van der Waals surface area contributed by atoms with Crippen LogP contribution < -0.4 is 4.74 Å². The molecule has 3 rings (SSSR count). The zero-order valence-corrected chi connectivity index (χ0v) is 15.9. The highest BCUT2D eigenvalue weighted by molar-refractivity contribution is 7.91. The van der Waals surface area contributed by atoms with Crippen LogP contribution in [0.3, 0.4) is 0 Å². The van der Waals surface area contributed by atoms with Gasteiger partial charge in [-0.05, 0) is 36.8 Å². The predicted molar refractivity (Wildman–Crippen MR) is 98.0 cm³/mol. The van der Waals surface area contributed by atoms with Crippen LogP contribution in [0, 0.1) is 0 Å². The van der Waals surface area contributed by atoms with Crippen molar-refractivity contribution in [2.45, 2.75) is 25.4 Å². The summed E-state index contributed by atoms with van der Waals surface area (Å²) in [5.41, 5.74) is 0.662. The summed E-state index contributed by atoms with van der Waals surface area (Å²) in [6.45, 7) is 0.231. The Kier molecular flexibility index (Phi) is 5.58. The summed E-state index contributed by atoms with van der Waals surface area (Å²) in [7, 11) is -1.59. The number of nitrogens with zero attached hydrogens (tertiary/aromatic N) is 1. The van der Waals surface area contributed by atoms with Gasteiger partial charge in [0.2, 0.25) is 5.91 Å². The van der Waals surface area contributed by atoms with Crippen LogP contribution in [-0.4, -0.2) is 43.9 Å². The van der Waals surface area contributed by atoms with Gasteiger partial charge >= 0.3 is 0 Å². The Balaban J connectivity index is 1.84. The van der Waals surface area contributed by atoms with Crippen LogP contribution in [0.25, 0.3) is 0 Å². The molecule has 1 saturated heterocycles. The molecule has 0 bridgehead atoms. The summed E-state index contributed by atoms with van der Waals surface area (Å²) in [5, 5.41) is 0.509. The summed E-state index contributed by atoms with van der Waals surface area (Å²) in [5.74, 6) is 1.07. The molecule has 6 nitrogen and oxygen atoms in total. The van der Waals surface area contributed by atoms with Gasteiger partial charge in [-0.15, -0.1) is 0 Å². The molecular formula is C18H20ClNO5S. The first-order valence-corrected chi connectivity index (χ1v) is 10.4. The van der Waals surface area contributed by atoms with Crippen LogP contribution in [0.1, 0.15) is 17.7 Å². The van der Waals surface area contributed by atoms with Crippen LogP contribution in [0.5, 0.6) is 5.75 Å². The molecule has 2 aromatic rings. The summed E-state index contributed by atoms with van der Waals surface area (Å²) in [6.07, 6.45) is 2.03. The Hall–Kier alpha value is -1.99. The van der Waals surface area contributed by atoms with Crippen LogP contribution in [0.2, 0.25) is 5.02 Å². The van der Waals surface area contributed by atoms with E-state index in [1.807, 2.05) is 0 Å². The van der Waals surface area contributed by atoms with E-state index in [2.05, 4.69) is 0 Å². The smallest absolute Gasteiger partial charge is 0.227 e. The SMILES string of the molecule is COc1ccc(Cl)cc1CC(=O)N(Cc1ccco1)C1CCS(=O)(=O)C1. The minimum atomic E-state index is -3.12. The highest BCUT2D eigenvalue weighted by Gasteiger charge is 2.35. The third-order valence-corrected chi connectivity index (χ3v) is 6.45. The standard InChI is InChI=1S/C18H20ClNO5S/c1-24-17-5-4-14(19)9-13(17)10-18(21)20(11-16-3-2-7-25-16)15-6-8-26(22,23)12-15/h2-5,7,9,15H,6,8,10-12H2,1H3. The monoisotopic (exact) mass is 397 g/mol. The first-order valence-electron chi connectivity index (χ1n) is 8.22. The number of furan rings is 1. The number of methoxy groups -OCH3 is 1. The fourth-order valence-electron chi connectivity index (χ4n) is 3.16. The van der Waals surface area contributed by atoms with E-state index >= 15 is 0 Å². The number of carbonyl (C=O) groups excluding carboxylic acids is 1. The van der Waals surface area contributed by atoms with Gasteiger partial charge in [0.25, 0.3) is 0 Å². The third-order valence-electron chi connectivity index (χ3n) is 4.46. The minimum absolute atomic E-state index is 0.0217. The lowest BCUT2D eigenvalue weighted by Gasteiger charge is -2.28. The lowest BCUT2D eigenvalue weighted by molar-refractivity contribution is -0.133. The van der Waals surface area contributed by atoms with E-state index in [4.69, 9.17) is 20.8 Å². The number of hydrogen-bond donors (Lipinski definition) is 0. The van der Waals surface area contributed by atoms with Crippen molar-refractivity contribution >= 4 is 27.3 Å². The maximum atomic E-state index is 13.0. The van der Waals surface area contributed by atoms with Gasteiger partial charge in [-0.25, -0.2) is 8.42 Å². The number of benzene rings is 1. The zero-order chi connectivity index (χ0) is 18.7. The second kappa shape index (κ2) is 7.72. The second-order valence-electron chi connectivity index (χ2n) is 6.29. The lowest BCUT2D eigenvalue weighted by Crippen LogP contribution is -2.41. The van der Waals surface area contributed by atoms with Gasteiger partial charge in [0, 0.05) is 16.6 Å². The van der Waals surface area contributed by atoms with Crippen molar-refractivity contribution in [2.75, 3.05) is 18.6 Å². The van der Waals surface area contributed by atoms with Crippen LogP contribution in [0.4, 0.5) is 0 Å². The largest absolute Gasteiger partial charge is 0.496 e. The van der Waals surface area contributed by atoms with Crippen molar-refractivity contribution < 1.29 is 22.4 Å². The van der Waals surface area contributed by atoms with E-state index in [1.54, 1.807) is 35.2 Å². The highest BCUT2D eigenvalue weighted by Crippen LogP contribution is 2.26. The number of hydrogen-bond acceptors (Lipinski definition) is 5. The predicted octanol–water partition coefficient (Wildman–Crippen LogP) is 2.70. The number of halogens is 1. The average molecular weight is 398 g/mol. The molecule has 26 heavy (non-hydrogen) atoms. The van der Waals surface area contributed by atoms with Gasteiger partial charge in [-0.1, -0.05) is 11.6 Å². The van der Waals surface area contributed by atoms with Crippen LogP contribution in [-0.2, 0) is 27.6 Å². The van der Waals surface area contributed by atoms with Gasteiger partial charge in [0.05, 0.1) is 37.8 Å². The Labute approximate surface area is 157 Å². The molecule has 1 amide bonds. The molecule has 0 radical (unpaired) electrons. The van der Waals surface area contributed by atoms with Crippen molar-refractivity contribution in [3.8, 4) is 5.75 Å². The molecule has 1 fully saturated rings. The van der Waals surface area contributed by atoms with E-state index < -0.39 is 9.84 Å². The first-order chi connectivity index (χ1) is 12.4. The highest BCUT2D eigenvalue weighted by atomic mass is 35.5. The molecule has 0 N–H and O–H groups in total. The maximum Gasteiger partial charge on any atom is 0.227 e. The number of carbonyl (C=O) groups is 1. The summed E-state index contributed by atoms with van der Waals surface area (Å²) >= 11 is 6.04. The van der Waals surface area contributed by atoms with E-state index in [0.29, 0.717) is 28.5 Å². The fourth-order valence-corrected chi connectivity index (χ4v) is 5.09. The normalized spacial score (nSPS) is 18.6.